The van der Waals surface area contributed by atoms with Crippen molar-refractivity contribution in [3.8, 4) is 0 Å². The summed E-state index contributed by atoms with van der Waals surface area (Å²) in [6.45, 7) is 2.01. The second-order valence-corrected chi connectivity index (χ2v) is 5.99. The van der Waals surface area contributed by atoms with Crippen molar-refractivity contribution in [2.24, 2.45) is 0 Å². The topological polar surface area (TPSA) is 63.3 Å². The van der Waals surface area contributed by atoms with E-state index in [1.165, 1.54) is 4.88 Å². The van der Waals surface area contributed by atoms with Gasteiger partial charge in [-0.05, 0) is 37.3 Å². The van der Waals surface area contributed by atoms with Gasteiger partial charge in [-0.1, -0.05) is 12.1 Å². The Bertz CT molecular complexity index is 796. The predicted octanol–water partition coefficient (Wildman–Crippen LogP) is 4.21. The molecule has 3 aromatic rings. The number of benzene rings is 1. The van der Waals surface area contributed by atoms with Gasteiger partial charge in [-0.15, -0.1) is 11.3 Å². The summed E-state index contributed by atoms with van der Waals surface area (Å²) < 4.78 is 5.67. The monoisotopic (exact) mass is 299 g/mol. The summed E-state index contributed by atoms with van der Waals surface area (Å²) >= 11 is 1.61. The normalized spacial score (nSPS) is 12.0. The highest BCUT2D eigenvalue weighted by Gasteiger charge is 2.14. The number of aliphatic carboxylic acids is 1. The van der Waals surface area contributed by atoms with Crippen molar-refractivity contribution in [1.29, 1.82) is 0 Å². The lowest BCUT2D eigenvalue weighted by atomic mass is 10.1. The summed E-state index contributed by atoms with van der Waals surface area (Å²) in [6.07, 6.45) is 1.71. The molecule has 0 spiro atoms. The molecule has 0 aliphatic carbocycles. The molecule has 106 valence electrons. The molecular formula is C16H13NO3S. The summed E-state index contributed by atoms with van der Waals surface area (Å²) in [5.41, 5.74) is 1.96. The van der Waals surface area contributed by atoms with Gasteiger partial charge in [-0.2, -0.15) is 0 Å². The van der Waals surface area contributed by atoms with Crippen LogP contribution in [0, 0.1) is 6.92 Å². The number of thiophene rings is 1. The van der Waals surface area contributed by atoms with Gasteiger partial charge < -0.3 is 9.52 Å². The van der Waals surface area contributed by atoms with Gasteiger partial charge in [-0.3, -0.25) is 4.79 Å². The Hall–Kier alpha value is -2.40. The van der Waals surface area contributed by atoms with Crippen molar-refractivity contribution >= 4 is 40.1 Å². The van der Waals surface area contributed by atoms with Gasteiger partial charge in [0.25, 0.3) is 0 Å². The summed E-state index contributed by atoms with van der Waals surface area (Å²) in [6, 6.07) is 11.4. The molecule has 0 amide bonds. The molecular weight excluding hydrogens is 286 g/mol. The molecule has 0 fully saturated rings. The van der Waals surface area contributed by atoms with E-state index in [9.17, 15) is 4.79 Å². The number of rotatable bonds is 4. The van der Waals surface area contributed by atoms with Crippen LogP contribution in [0.4, 0.5) is 0 Å². The number of fused-ring (bicyclic) bond motifs is 1. The van der Waals surface area contributed by atoms with Crippen LogP contribution in [0.3, 0.4) is 0 Å². The number of hydrogen-bond acceptors (Lipinski definition) is 4. The Balaban J connectivity index is 2.06. The Kier molecular flexibility index (Phi) is 3.58. The van der Waals surface area contributed by atoms with Crippen molar-refractivity contribution in [3.05, 3.63) is 52.0 Å². The van der Waals surface area contributed by atoms with Crippen molar-refractivity contribution in [2.75, 3.05) is 0 Å². The van der Waals surface area contributed by atoms with E-state index in [4.69, 9.17) is 9.52 Å². The molecule has 0 radical (unpaired) electrons. The quantitative estimate of drug-likeness (QED) is 0.783. The van der Waals surface area contributed by atoms with E-state index in [-0.39, 0.29) is 6.42 Å². The number of carbonyl (C=O) groups is 1. The molecule has 3 rings (SSSR count). The van der Waals surface area contributed by atoms with Gasteiger partial charge in [0.15, 0.2) is 5.58 Å². The van der Waals surface area contributed by atoms with E-state index in [1.807, 2.05) is 49.4 Å². The zero-order valence-corrected chi connectivity index (χ0v) is 12.2. The van der Waals surface area contributed by atoms with Gasteiger partial charge in [0, 0.05) is 15.3 Å². The van der Waals surface area contributed by atoms with E-state index in [0.717, 1.165) is 10.4 Å². The van der Waals surface area contributed by atoms with Gasteiger partial charge in [0.2, 0.25) is 5.89 Å². The van der Waals surface area contributed by atoms with Crippen molar-refractivity contribution < 1.29 is 14.3 Å². The third-order valence-electron chi connectivity index (χ3n) is 2.99. The van der Waals surface area contributed by atoms with E-state index < -0.39 is 5.97 Å². The first kappa shape index (κ1) is 13.6. The first-order valence-corrected chi connectivity index (χ1v) is 7.28. The lowest BCUT2D eigenvalue weighted by Gasteiger charge is -1.98. The number of aromatic nitrogens is 1. The number of carboxylic acid groups (broad SMARTS) is 1. The van der Waals surface area contributed by atoms with Gasteiger partial charge >= 0.3 is 5.97 Å². The smallest absolute Gasteiger partial charge is 0.308 e. The molecule has 0 aliphatic rings. The van der Waals surface area contributed by atoms with Crippen LogP contribution in [0.15, 0.2) is 40.8 Å². The zero-order valence-electron chi connectivity index (χ0n) is 11.4. The van der Waals surface area contributed by atoms with Crippen LogP contribution in [-0.4, -0.2) is 16.1 Å². The lowest BCUT2D eigenvalue weighted by molar-refractivity contribution is -0.135. The predicted molar refractivity (Wildman–Crippen MR) is 83.2 cm³/mol. The number of aryl methyl sites for hydroxylation is 1. The van der Waals surface area contributed by atoms with Gasteiger partial charge in [0.05, 0.1) is 6.42 Å². The highest BCUT2D eigenvalue weighted by atomic mass is 32.1. The fourth-order valence-electron chi connectivity index (χ4n) is 2.06. The standard InChI is InChI=1S/C16H13NO3S/c1-10-6-7-12(21-10)8-11(9-15(18)19)16-17-13-4-2-3-5-14(13)20-16/h2-8H,9H2,1H3,(H,18,19)/b11-8-. The number of hydrogen-bond donors (Lipinski definition) is 1. The first-order valence-electron chi connectivity index (χ1n) is 6.46. The lowest BCUT2D eigenvalue weighted by Crippen LogP contribution is -1.97. The molecule has 1 N–H and O–H groups in total. The molecule has 4 nitrogen and oxygen atoms in total. The van der Waals surface area contributed by atoms with Crippen molar-refractivity contribution in [2.45, 2.75) is 13.3 Å². The average Bonchev–Trinajstić information content (AvgIpc) is 3.03. The van der Waals surface area contributed by atoms with Crippen LogP contribution in [0.2, 0.25) is 0 Å². The van der Waals surface area contributed by atoms with Crippen LogP contribution in [0.25, 0.3) is 22.7 Å². The van der Waals surface area contributed by atoms with Crippen LogP contribution in [0.5, 0.6) is 0 Å². The van der Waals surface area contributed by atoms with E-state index in [1.54, 1.807) is 11.3 Å². The molecule has 0 unspecified atom stereocenters. The van der Waals surface area contributed by atoms with Gasteiger partial charge in [0.1, 0.15) is 5.52 Å². The number of para-hydroxylation sites is 2. The SMILES string of the molecule is Cc1ccc(/C=C(/CC(=O)O)c2nc3ccccc3o2)s1. The Labute approximate surface area is 125 Å². The molecule has 2 aromatic heterocycles. The highest BCUT2D eigenvalue weighted by molar-refractivity contribution is 7.12. The second kappa shape index (κ2) is 5.54. The molecule has 0 saturated heterocycles. The van der Waals surface area contributed by atoms with Gasteiger partial charge in [-0.25, -0.2) is 4.98 Å². The minimum Gasteiger partial charge on any atom is -0.481 e. The summed E-state index contributed by atoms with van der Waals surface area (Å²) in [7, 11) is 0. The van der Waals surface area contributed by atoms with Crippen molar-refractivity contribution in [1.82, 2.24) is 4.98 Å². The van der Waals surface area contributed by atoms with E-state index >= 15 is 0 Å². The summed E-state index contributed by atoms with van der Waals surface area (Å²) in [5, 5.41) is 9.10. The fraction of sp³-hybridized carbons (Fsp3) is 0.125. The van der Waals surface area contributed by atoms with Crippen LogP contribution in [0.1, 0.15) is 22.1 Å². The molecule has 0 atom stereocenters. The summed E-state index contributed by atoms with van der Waals surface area (Å²) in [4.78, 5) is 17.6. The molecule has 2 heterocycles. The minimum absolute atomic E-state index is 0.121. The molecule has 0 saturated carbocycles. The minimum atomic E-state index is -0.906. The maximum atomic E-state index is 11.1. The molecule has 0 bridgehead atoms. The number of oxazole rings is 1. The Morgan fingerprint density at radius 3 is 2.81 bits per heavy atom. The third-order valence-corrected chi connectivity index (χ3v) is 3.94. The maximum Gasteiger partial charge on any atom is 0.308 e. The summed E-state index contributed by atoms with van der Waals surface area (Å²) in [5.74, 6) is -0.540. The van der Waals surface area contributed by atoms with Crippen LogP contribution in [-0.2, 0) is 4.79 Å². The number of carboxylic acids is 1. The van der Waals surface area contributed by atoms with Crippen molar-refractivity contribution in [3.63, 3.8) is 0 Å². The van der Waals surface area contributed by atoms with Crippen LogP contribution < -0.4 is 0 Å². The molecule has 5 heteroatoms. The Morgan fingerprint density at radius 1 is 1.33 bits per heavy atom. The number of nitrogens with zero attached hydrogens (tertiary/aromatic N) is 1. The second-order valence-electron chi connectivity index (χ2n) is 4.68. The van der Waals surface area contributed by atoms with Crippen LogP contribution >= 0.6 is 11.3 Å². The first-order chi connectivity index (χ1) is 10.1. The molecule has 0 aliphatic heterocycles. The van der Waals surface area contributed by atoms with E-state index in [0.29, 0.717) is 17.0 Å². The molecule has 1 aromatic carbocycles. The largest absolute Gasteiger partial charge is 0.481 e. The third kappa shape index (κ3) is 3.03. The fourth-order valence-corrected chi connectivity index (χ4v) is 2.91. The zero-order chi connectivity index (χ0) is 14.8. The van der Waals surface area contributed by atoms with E-state index in [2.05, 4.69) is 4.98 Å². The molecule has 21 heavy (non-hydrogen) atoms. The maximum absolute atomic E-state index is 11.1. The average molecular weight is 299 g/mol. The Morgan fingerprint density at radius 2 is 2.14 bits per heavy atom. The highest BCUT2D eigenvalue weighted by Crippen LogP contribution is 2.27.